The fraction of sp³-hybridized carbons (Fsp3) is 0.438. The Morgan fingerprint density at radius 1 is 1.43 bits per heavy atom. The van der Waals surface area contributed by atoms with Crippen LogP contribution in [0.4, 0.5) is 0 Å². The monoisotopic (exact) mass is 303 g/mol. The Kier molecular flexibility index (Phi) is 4.53. The third kappa shape index (κ3) is 3.26. The maximum absolute atomic E-state index is 5.53. The fourth-order valence-electron chi connectivity index (χ4n) is 2.87. The highest BCUT2D eigenvalue weighted by atomic mass is 32.1. The SMILES string of the molecule is COc1ccccc1[C@@H]1CNCCN1Cc1csc(C)n1. The largest absolute Gasteiger partial charge is 0.496 e. The first-order valence-electron chi connectivity index (χ1n) is 7.26. The Bertz CT molecular complexity index is 599. The van der Waals surface area contributed by atoms with E-state index in [0.29, 0.717) is 6.04 Å². The molecule has 0 amide bonds. The van der Waals surface area contributed by atoms with E-state index in [1.54, 1.807) is 18.4 Å². The molecule has 0 aliphatic carbocycles. The van der Waals surface area contributed by atoms with Gasteiger partial charge >= 0.3 is 0 Å². The molecule has 4 nitrogen and oxygen atoms in total. The van der Waals surface area contributed by atoms with E-state index >= 15 is 0 Å². The normalized spacial score (nSPS) is 19.6. The molecule has 1 aromatic heterocycles. The van der Waals surface area contributed by atoms with Crippen LogP contribution in [0.3, 0.4) is 0 Å². The predicted octanol–water partition coefficient (Wildman–Crippen LogP) is 2.61. The van der Waals surface area contributed by atoms with Crippen LogP contribution in [0.15, 0.2) is 29.6 Å². The number of rotatable bonds is 4. The van der Waals surface area contributed by atoms with Gasteiger partial charge in [0.25, 0.3) is 0 Å². The predicted molar refractivity (Wildman–Crippen MR) is 85.9 cm³/mol. The number of ether oxygens (including phenoxy) is 1. The van der Waals surface area contributed by atoms with Crippen LogP contribution in [0.25, 0.3) is 0 Å². The molecule has 1 aromatic carbocycles. The molecule has 0 bridgehead atoms. The van der Waals surface area contributed by atoms with Crippen molar-refractivity contribution in [1.82, 2.24) is 15.2 Å². The van der Waals surface area contributed by atoms with Crippen molar-refractivity contribution in [1.29, 1.82) is 0 Å². The maximum Gasteiger partial charge on any atom is 0.123 e. The number of hydrogen-bond donors (Lipinski definition) is 1. The second-order valence-corrected chi connectivity index (χ2v) is 6.35. The van der Waals surface area contributed by atoms with E-state index in [1.165, 1.54) is 11.3 Å². The Balaban J connectivity index is 1.84. The number of benzene rings is 1. The first-order chi connectivity index (χ1) is 10.3. The van der Waals surface area contributed by atoms with Gasteiger partial charge in [0.15, 0.2) is 0 Å². The number of nitrogens with zero attached hydrogens (tertiary/aromatic N) is 2. The number of para-hydroxylation sites is 1. The smallest absolute Gasteiger partial charge is 0.123 e. The van der Waals surface area contributed by atoms with Crippen LogP contribution in [0, 0.1) is 6.92 Å². The molecular formula is C16H21N3OS. The van der Waals surface area contributed by atoms with Crippen molar-refractivity contribution in [3.63, 3.8) is 0 Å². The third-order valence-corrected chi connectivity index (χ3v) is 4.71. The zero-order valence-electron chi connectivity index (χ0n) is 12.5. The molecule has 1 saturated heterocycles. The van der Waals surface area contributed by atoms with Gasteiger partial charge in [-0.1, -0.05) is 18.2 Å². The molecule has 1 aliphatic heterocycles. The molecule has 2 aromatic rings. The summed E-state index contributed by atoms with van der Waals surface area (Å²) >= 11 is 1.72. The van der Waals surface area contributed by atoms with Crippen LogP contribution in [0.5, 0.6) is 5.75 Å². The number of methoxy groups -OCH3 is 1. The lowest BCUT2D eigenvalue weighted by molar-refractivity contribution is 0.149. The summed E-state index contributed by atoms with van der Waals surface area (Å²) in [6.45, 7) is 5.95. The van der Waals surface area contributed by atoms with Gasteiger partial charge in [-0.05, 0) is 13.0 Å². The highest BCUT2D eigenvalue weighted by Crippen LogP contribution is 2.31. The average Bonchev–Trinajstić information content (AvgIpc) is 2.93. The zero-order valence-corrected chi connectivity index (χ0v) is 13.3. The highest BCUT2D eigenvalue weighted by Gasteiger charge is 2.26. The van der Waals surface area contributed by atoms with Crippen LogP contribution < -0.4 is 10.1 Å². The summed E-state index contributed by atoms with van der Waals surface area (Å²) in [5, 5.41) is 6.79. The Morgan fingerprint density at radius 3 is 3.05 bits per heavy atom. The van der Waals surface area contributed by atoms with Gasteiger partial charge in [0.1, 0.15) is 5.75 Å². The van der Waals surface area contributed by atoms with E-state index in [0.717, 1.165) is 36.9 Å². The number of thiazole rings is 1. The second-order valence-electron chi connectivity index (χ2n) is 5.29. The van der Waals surface area contributed by atoms with E-state index in [4.69, 9.17) is 4.74 Å². The highest BCUT2D eigenvalue weighted by molar-refractivity contribution is 7.09. The van der Waals surface area contributed by atoms with Crippen molar-refractivity contribution in [2.75, 3.05) is 26.7 Å². The van der Waals surface area contributed by atoms with Crippen molar-refractivity contribution in [2.45, 2.75) is 19.5 Å². The summed E-state index contributed by atoms with van der Waals surface area (Å²) in [6, 6.07) is 8.63. The number of aryl methyl sites for hydroxylation is 1. The number of piperazine rings is 1. The molecule has 1 N–H and O–H groups in total. The minimum atomic E-state index is 0.330. The van der Waals surface area contributed by atoms with Gasteiger partial charge in [-0.15, -0.1) is 11.3 Å². The first kappa shape index (κ1) is 14.5. The van der Waals surface area contributed by atoms with Crippen LogP contribution in [0.1, 0.15) is 22.3 Å². The minimum absolute atomic E-state index is 0.330. The first-order valence-corrected chi connectivity index (χ1v) is 8.14. The molecule has 1 atom stereocenters. The molecule has 2 heterocycles. The van der Waals surface area contributed by atoms with Crippen LogP contribution in [-0.2, 0) is 6.54 Å². The van der Waals surface area contributed by atoms with Gasteiger partial charge < -0.3 is 10.1 Å². The van der Waals surface area contributed by atoms with Gasteiger partial charge in [-0.3, -0.25) is 4.90 Å². The molecule has 0 saturated carbocycles. The molecule has 5 heteroatoms. The summed E-state index contributed by atoms with van der Waals surface area (Å²) in [6.07, 6.45) is 0. The molecule has 112 valence electrons. The number of nitrogens with one attached hydrogen (secondary N) is 1. The second kappa shape index (κ2) is 6.56. The van der Waals surface area contributed by atoms with Gasteiger partial charge in [0.2, 0.25) is 0 Å². The molecule has 21 heavy (non-hydrogen) atoms. The van der Waals surface area contributed by atoms with E-state index < -0.39 is 0 Å². The maximum atomic E-state index is 5.53. The summed E-state index contributed by atoms with van der Waals surface area (Å²) in [7, 11) is 1.74. The van der Waals surface area contributed by atoms with Crippen molar-refractivity contribution in [2.24, 2.45) is 0 Å². The number of hydrogen-bond acceptors (Lipinski definition) is 5. The lowest BCUT2D eigenvalue weighted by Gasteiger charge is -2.36. The van der Waals surface area contributed by atoms with Crippen molar-refractivity contribution < 1.29 is 4.74 Å². The number of aromatic nitrogens is 1. The molecule has 1 fully saturated rings. The lowest BCUT2D eigenvalue weighted by Crippen LogP contribution is -2.45. The van der Waals surface area contributed by atoms with Crippen LogP contribution >= 0.6 is 11.3 Å². The van der Waals surface area contributed by atoms with Crippen LogP contribution in [-0.4, -0.2) is 36.6 Å². The minimum Gasteiger partial charge on any atom is -0.496 e. The Hall–Kier alpha value is -1.43. The summed E-state index contributed by atoms with van der Waals surface area (Å²) in [5.74, 6) is 0.964. The zero-order chi connectivity index (χ0) is 14.7. The Labute approximate surface area is 129 Å². The topological polar surface area (TPSA) is 37.4 Å². The summed E-state index contributed by atoms with van der Waals surface area (Å²) in [4.78, 5) is 7.09. The van der Waals surface area contributed by atoms with Gasteiger partial charge in [-0.25, -0.2) is 4.98 Å². The van der Waals surface area contributed by atoms with Gasteiger partial charge in [0, 0.05) is 37.1 Å². The van der Waals surface area contributed by atoms with E-state index in [9.17, 15) is 0 Å². The van der Waals surface area contributed by atoms with E-state index in [1.807, 2.05) is 12.1 Å². The van der Waals surface area contributed by atoms with E-state index in [2.05, 4.69) is 39.6 Å². The van der Waals surface area contributed by atoms with Gasteiger partial charge in [0.05, 0.1) is 23.9 Å². The molecule has 0 radical (unpaired) electrons. The van der Waals surface area contributed by atoms with Crippen molar-refractivity contribution in [3.05, 3.63) is 45.9 Å². The third-order valence-electron chi connectivity index (χ3n) is 3.88. The Morgan fingerprint density at radius 2 is 2.29 bits per heavy atom. The quantitative estimate of drug-likeness (QED) is 0.942. The molecular weight excluding hydrogens is 282 g/mol. The van der Waals surface area contributed by atoms with E-state index in [-0.39, 0.29) is 0 Å². The average molecular weight is 303 g/mol. The lowest BCUT2D eigenvalue weighted by atomic mass is 10.0. The van der Waals surface area contributed by atoms with Crippen LogP contribution in [0.2, 0.25) is 0 Å². The summed E-state index contributed by atoms with van der Waals surface area (Å²) < 4.78 is 5.53. The fourth-order valence-corrected chi connectivity index (χ4v) is 3.48. The van der Waals surface area contributed by atoms with Gasteiger partial charge in [-0.2, -0.15) is 0 Å². The molecule has 0 unspecified atom stereocenters. The molecule has 3 rings (SSSR count). The molecule has 1 aliphatic rings. The molecule has 0 spiro atoms. The van der Waals surface area contributed by atoms with Crippen molar-refractivity contribution in [3.8, 4) is 5.75 Å². The summed E-state index contributed by atoms with van der Waals surface area (Å²) in [5.41, 5.74) is 2.42. The van der Waals surface area contributed by atoms with Crippen molar-refractivity contribution >= 4 is 11.3 Å². The standard InChI is InChI=1S/C16H21N3OS/c1-12-18-13(11-21-12)10-19-8-7-17-9-15(19)14-5-3-4-6-16(14)20-2/h3-6,11,15,17H,7-10H2,1-2H3/t15-/m0/s1.